The highest BCUT2D eigenvalue weighted by atomic mass is 32.2. The van der Waals surface area contributed by atoms with Gasteiger partial charge in [-0.15, -0.1) is 10.2 Å². The fraction of sp³-hybridized carbons (Fsp3) is 0.125. The molecule has 0 saturated carbocycles. The van der Waals surface area contributed by atoms with Crippen molar-refractivity contribution in [2.24, 2.45) is 0 Å². The number of rotatable bonds is 5. The van der Waals surface area contributed by atoms with Gasteiger partial charge in [0.15, 0.2) is 4.34 Å². The van der Waals surface area contributed by atoms with Crippen LogP contribution >= 0.6 is 23.1 Å². The van der Waals surface area contributed by atoms with Gasteiger partial charge in [0.1, 0.15) is 0 Å². The summed E-state index contributed by atoms with van der Waals surface area (Å²) >= 11 is 2.16. The van der Waals surface area contributed by atoms with Crippen molar-refractivity contribution in [1.29, 1.82) is 0 Å². The summed E-state index contributed by atoms with van der Waals surface area (Å²) in [7, 11) is 0. The Kier molecular flexibility index (Phi) is 3.89. The molecule has 0 fully saturated rings. The summed E-state index contributed by atoms with van der Waals surface area (Å²) in [5.41, 5.74) is 0.380. The average molecular weight is 285 g/mol. The SMILES string of the molecule is O=C(O)CSc1nnc(NC(=O)c2cn[nH]c2)s1. The molecule has 0 aromatic carbocycles. The Hall–Kier alpha value is -1.94. The lowest BCUT2D eigenvalue weighted by Crippen LogP contribution is -2.10. The lowest BCUT2D eigenvalue weighted by Gasteiger charge is -1.95. The van der Waals surface area contributed by atoms with E-state index in [0.717, 1.165) is 23.1 Å². The summed E-state index contributed by atoms with van der Waals surface area (Å²) in [4.78, 5) is 22.0. The molecule has 0 aliphatic carbocycles. The van der Waals surface area contributed by atoms with E-state index in [1.54, 1.807) is 0 Å². The molecule has 0 aliphatic rings. The number of carbonyl (C=O) groups excluding carboxylic acids is 1. The summed E-state index contributed by atoms with van der Waals surface area (Å²) < 4.78 is 0.486. The third kappa shape index (κ3) is 3.28. The molecule has 1 amide bonds. The summed E-state index contributed by atoms with van der Waals surface area (Å²) in [6, 6.07) is 0. The molecule has 0 bridgehead atoms. The van der Waals surface area contributed by atoms with Gasteiger partial charge in [-0.2, -0.15) is 5.10 Å². The number of aromatic amines is 1. The maximum absolute atomic E-state index is 11.6. The van der Waals surface area contributed by atoms with Crippen molar-refractivity contribution >= 4 is 40.1 Å². The summed E-state index contributed by atoms with van der Waals surface area (Å²) in [6.45, 7) is 0. The standard InChI is InChI=1S/C8H7N5O3S2/c14-5(15)3-17-8-13-12-7(18-8)11-6(16)4-1-9-10-2-4/h1-2H,3H2,(H,9,10)(H,14,15)(H,11,12,16). The van der Waals surface area contributed by atoms with Crippen molar-refractivity contribution in [1.82, 2.24) is 20.4 Å². The van der Waals surface area contributed by atoms with E-state index in [1.807, 2.05) is 0 Å². The molecule has 2 aromatic rings. The van der Waals surface area contributed by atoms with Crippen molar-refractivity contribution in [2.45, 2.75) is 4.34 Å². The van der Waals surface area contributed by atoms with Crippen molar-refractivity contribution < 1.29 is 14.7 Å². The van der Waals surface area contributed by atoms with Crippen LogP contribution in [0.15, 0.2) is 16.7 Å². The third-order valence-electron chi connectivity index (χ3n) is 1.71. The number of aromatic nitrogens is 4. The monoisotopic (exact) mass is 285 g/mol. The molecule has 3 N–H and O–H groups in total. The van der Waals surface area contributed by atoms with Gasteiger partial charge < -0.3 is 5.11 Å². The van der Waals surface area contributed by atoms with Crippen LogP contribution in [0.5, 0.6) is 0 Å². The number of amides is 1. The number of H-pyrrole nitrogens is 1. The van der Waals surface area contributed by atoms with E-state index in [9.17, 15) is 9.59 Å². The van der Waals surface area contributed by atoms with Crippen molar-refractivity contribution in [2.75, 3.05) is 11.1 Å². The van der Waals surface area contributed by atoms with Crippen LogP contribution in [-0.2, 0) is 4.79 Å². The van der Waals surface area contributed by atoms with Crippen LogP contribution in [0.4, 0.5) is 5.13 Å². The second kappa shape index (κ2) is 5.60. The molecule has 0 unspecified atom stereocenters. The minimum Gasteiger partial charge on any atom is -0.481 e. The molecule has 0 saturated heterocycles. The second-order valence-corrected chi connectivity index (χ2v) is 5.20. The number of hydrogen-bond acceptors (Lipinski definition) is 7. The van der Waals surface area contributed by atoms with Gasteiger partial charge in [-0.3, -0.25) is 20.0 Å². The topological polar surface area (TPSA) is 121 Å². The minimum absolute atomic E-state index is 0.0929. The predicted molar refractivity (Wildman–Crippen MR) is 64.8 cm³/mol. The number of nitrogens with one attached hydrogen (secondary N) is 2. The summed E-state index contributed by atoms with van der Waals surface area (Å²) in [5, 5.41) is 25.0. The average Bonchev–Trinajstić information content (AvgIpc) is 2.97. The maximum atomic E-state index is 11.6. The van der Waals surface area contributed by atoms with E-state index in [2.05, 4.69) is 25.7 Å². The molecule has 2 rings (SSSR count). The van der Waals surface area contributed by atoms with Gasteiger partial charge in [0, 0.05) is 6.20 Å². The molecule has 2 aromatic heterocycles. The van der Waals surface area contributed by atoms with Crippen LogP contribution in [0.1, 0.15) is 10.4 Å². The molecule has 0 aliphatic heterocycles. The highest BCUT2D eigenvalue weighted by Crippen LogP contribution is 2.25. The molecule has 0 spiro atoms. The Labute approximate surface area is 109 Å². The molecule has 0 atom stereocenters. The molecule has 94 valence electrons. The number of carbonyl (C=O) groups is 2. The van der Waals surface area contributed by atoms with Gasteiger partial charge in [0.05, 0.1) is 17.5 Å². The molecular formula is C8H7N5O3S2. The summed E-state index contributed by atoms with van der Waals surface area (Å²) in [5.74, 6) is -1.38. The van der Waals surface area contributed by atoms with Crippen LogP contribution in [-0.4, -0.2) is 43.1 Å². The van der Waals surface area contributed by atoms with Gasteiger partial charge >= 0.3 is 5.97 Å². The summed E-state index contributed by atoms with van der Waals surface area (Å²) in [6.07, 6.45) is 2.84. The first kappa shape index (κ1) is 12.5. The van der Waals surface area contributed by atoms with E-state index in [-0.39, 0.29) is 11.7 Å². The first-order valence-corrected chi connectivity index (χ1v) is 6.43. The van der Waals surface area contributed by atoms with Gasteiger partial charge in [0.25, 0.3) is 5.91 Å². The Morgan fingerprint density at radius 1 is 1.50 bits per heavy atom. The van der Waals surface area contributed by atoms with Gasteiger partial charge in [0.2, 0.25) is 5.13 Å². The van der Waals surface area contributed by atoms with Crippen LogP contribution in [0.25, 0.3) is 0 Å². The Morgan fingerprint density at radius 3 is 3.00 bits per heavy atom. The van der Waals surface area contributed by atoms with Crippen LogP contribution in [0, 0.1) is 0 Å². The zero-order chi connectivity index (χ0) is 13.0. The molecular weight excluding hydrogens is 278 g/mol. The number of hydrogen-bond donors (Lipinski definition) is 3. The zero-order valence-corrected chi connectivity index (χ0v) is 10.4. The van der Waals surface area contributed by atoms with Crippen LogP contribution in [0.2, 0.25) is 0 Å². The number of thioether (sulfide) groups is 1. The first-order chi connectivity index (χ1) is 8.65. The normalized spacial score (nSPS) is 10.2. The van der Waals surface area contributed by atoms with Crippen LogP contribution in [0.3, 0.4) is 0 Å². The van der Waals surface area contributed by atoms with E-state index in [0.29, 0.717) is 15.0 Å². The Bertz CT molecular complexity index is 553. The van der Waals surface area contributed by atoms with Gasteiger partial charge in [-0.05, 0) is 0 Å². The van der Waals surface area contributed by atoms with E-state index >= 15 is 0 Å². The molecule has 2 heterocycles. The fourth-order valence-corrected chi connectivity index (χ4v) is 2.45. The van der Waals surface area contributed by atoms with Crippen molar-refractivity contribution in [3.63, 3.8) is 0 Å². The highest BCUT2D eigenvalue weighted by Gasteiger charge is 2.11. The lowest BCUT2D eigenvalue weighted by molar-refractivity contribution is -0.133. The zero-order valence-electron chi connectivity index (χ0n) is 8.78. The number of nitrogens with zero attached hydrogens (tertiary/aromatic N) is 3. The largest absolute Gasteiger partial charge is 0.481 e. The van der Waals surface area contributed by atoms with E-state index in [4.69, 9.17) is 5.11 Å². The van der Waals surface area contributed by atoms with E-state index < -0.39 is 5.97 Å². The quantitative estimate of drug-likeness (QED) is 0.546. The number of carboxylic acid groups (broad SMARTS) is 1. The first-order valence-electron chi connectivity index (χ1n) is 4.63. The number of anilines is 1. The van der Waals surface area contributed by atoms with Gasteiger partial charge in [-0.25, -0.2) is 0 Å². The van der Waals surface area contributed by atoms with E-state index in [1.165, 1.54) is 12.4 Å². The highest BCUT2D eigenvalue weighted by molar-refractivity contribution is 8.01. The molecule has 18 heavy (non-hydrogen) atoms. The number of carboxylic acids is 1. The van der Waals surface area contributed by atoms with Crippen LogP contribution < -0.4 is 5.32 Å². The Morgan fingerprint density at radius 2 is 2.33 bits per heavy atom. The molecule has 8 nitrogen and oxygen atoms in total. The predicted octanol–water partition coefficient (Wildman–Crippen LogP) is 0.690. The van der Waals surface area contributed by atoms with Crippen molar-refractivity contribution in [3.8, 4) is 0 Å². The molecule has 0 radical (unpaired) electrons. The lowest BCUT2D eigenvalue weighted by atomic mass is 10.3. The minimum atomic E-state index is -0.931. The van der Waals surface area contributed by atoms with Gasteiger partial charge in [-0.1, -0.05) is 23.1 Å². The number of aliphatic carboxylic acids is 1. The fourth-order valence-electron chi connectivity index (χ4n) is 0.986. The maximum Gasteiger partial charge on any atom is 0.313 e. The third-order valence-corrected chi connectivity index (χ3v) is 3.66. The smallest absolute Gasteiger partial charge is 0.313 e. The van der Waals surface area contributed by atoms with Crippen molar-refractivity contribution in [3.05, 3.63) is 18.0 Å². The molecule has 10 heteroatoms. The Balaban J connectivity index is 1.94. The second-order valence-electron chi connectivity index (χ2n) is 3.00.